The van der Waals surface area contributed by atoms with Gasteiger partial charge in [-0.05, 0) is 19.8 Å². The number of urea groups is 1. The third-order valence-electron chi connectivity index (χ3n) is 2.31. The van der Waals surface area contributed by atoms with Crippen LogP contribution < -0.4 is 10.6 Å². The van der Waals surface area contributed by atoms with E-state index in [1.165, 1.54) is 0 Å². The van der Waals surface area contributed by atoms with Gasteiger partial charge in [-0.25, -0.2) is 9.59 Å². The van der Waals surface area contributed by atoms with Crippen molar-refractivity contribution in [3.8, 4) is 0 Å². The van der Waals surface area contributed by atoms with Gasteiger partial charge in [0.15, 0.2) is 0 Å². The van der Waals surface area contributed by atoms with Gasteiger partial charge in [-0.15, -0.1) is 0 Å². The molecule has 0 bridgehead atoms. The first-order chi connectivity index (χ1) is 8.01. The molecule has 0 aromatic heterocycles. The van der Waals surface area contributed by atoms with Crippen molar-refractivity contribution < 1.29 is 19.4 Å². The third-order valence-corrected chi connectivity index (χ3v) is 2.31. The van der Waals surface area contributed by atoms with Gasteiger partial charge in [0.2, 0.25) is 0 Å². The number of carboxylic acid groups (broad SMARTS) is 1. The predicted molar refractivity (Wildman–Crippen MR) is 64.0 cm³/mol. The molecule has 6 heteroatoms. The van der Waals surface area contributed by atoms with Crippen LogP contribution in [0.2, 0.25) is 0 Å². The molecule has 0 aliphatic carbocycles. The summed E-state index contributed by atoms with van der Waals surface area (Å²) in [5.41, 5.74) is 0. The number of hydrogen-bond donors (Lipinski definition) is 3. The molecule has 0 aromatic carbocycles. The molecular weight excluding hydrogens is 224 g/mol. The van der Waals surface area contributed by atoms with Crippen molar-refractivity contribution in [1.29, 1.82) is 0 Å². The zero-order valence-corrected chi connectivity index (χ0v) is 10.7. The zero-order chi connectivity index (χ0) is 13.3. The predicted octanol–water partition coefficient (Wildman–Crippen LogP) is 0.964. The molecule has 3 N–H and O–H groups in total. The summed E-state index contributed by atoms with van der Waals surface area (Å²) in [4.78, 5) is 22.3. The number of aliphatic carboxylic acids is 1. The van der Waals surface area contributed by atoms with Crippen LogP contribution in [0, 0.1) is 0 Å². The van der Waals surface area contributed by atoms with E-state index in [0.29, 0.717) is 25.9 Å². The molecule has 0 fully saturated rings. The van der Waals surface area contributed by atoms with Gasteiger partial charge in [0.25, 0.3) is 0 Å². The maximum Gasteiger partial charge on any atom is 0.326 e. The fraction of sp³-hybridized carbons (Fsp3) is 0.818. The smallest absolute Gasteiger partial charge is 0.326 e. The van der Waals surface area contributed by atoms with E-state index in [1.54, 1.807) is 7.11 Å². The van der Waals surface area contributed by atoms with Crippen LogP contribution in [0.5, 0.6) is 0 Å². The lowest BCUT2D eigenvalue weighted by molar-refractivity contribution is -0.139. The molecule has 0 saturated heterocycles. The molecule has 0 radical (unpaired) electrons. The largest absolute Gasteiger partial charge is 0.480 e. The minimum Gasteiger partial charge on any atom is -0.480 e. The summed E-state index contributed by atoms with van der Waals surface area (Å²) < 4.78 is 4.89. The van der Waals surface area contributed by atoms with Crippen molar-refractivity contribution >= 4 is 12.0 Å². The van der Waals surface area contributed by atoms with E-state index in [2.05, 4.69) is 10.6 Å². The topological polar surface area (TPSA) is 87.7 Å². The molecule has 2 amide bonds. The number of methoxy groups -OCH3 is 1. The fourth-order valence-corrected chi connectivity index (χ4v) is 1.34. The lowest BCUT2D eigenvalue weighted by Crippen LogP contribution is -2.48. The highest BCUT2D eigenvalue weighted by molar-refractivity contribution is 5.82. The summed E-state index contributed by atoms with van der Waals surface area (Å²) in [6.45, 7) is 4.27. The number of carboxylic acids is 1. The lowest BCUT2D eigenvalue weighted by Gasteiger charge is -2.17. The van der Waals surface area contributed by atoms with Crippen molar-refractivity contribution in [3.05, 3.63) is 0 Å². The van der Waals surface area contributed by atoms with Gasteiger partial charge in [-0.2, -0.15) is 0 Å². The van der Waals surface area contributed by atoms with Crippen LogP contribution in [0.1, 0.15) is 33.1 Å². The van der Waals surface area contributed by atoms with E-state index in [1.807, 2.05) is 13.8 Å². The van der Waals surface area contributed by atoms with Crippen LogP contribution >= 0.6 is 0 Å². The summed E-state index contributed by atoms with van der Waals surface area (Å²) >= 11 is 0. The van der Waals surface area contributed by atoms with Crippen LogP contribution in [0.25, 0.3) is 0 Å². The molecule has 1 unspecified atom stereocenters. The average molecular weight is 246 g/mol. The SMILES string of the molecule is CCC[C@@H](NC(=O)NC(C)CCOC)C(=O)O. The van der Waals surface area contributed by atoms with E-state index in [0.717, 1.165) is 0 Å². The minimum absolute atomic E-state index is 0.0500. The monoisotopic (exact) mass is 246 g/mol. The highest BCUT2D eigenvalue weighted by Gasteiger charge is 2.19. The van der Waals surface area contributed by atoms with Gasteiger partial charge in [-0.3, -0.25) is 0 Å². The molecule has 0 spiro atoms. The Kier molecular flexibility index (Phi) is 8.13. The minimum atomic E-state index is -1.01. The number of carbonyl (C=O) groups excluding carboxylic acids is 1. The molecule has 6 nitrogen and oxygen atoms in total. The van der Waals surface area contributed by atoms with Gasteiger partial charge in [-0.1, -0.05) is 13.3 Å². The number of hydrogen-bond acceptors (Lipinski definition) is 3. The number of carbonyl (C=O) groups is 2. The number of ether oxygens (including phenoxy) is 1. The first kappa shape index (κ1) is 15.7. The van der Waals surface area contributed by atoms with Crippen molar-refractivity contribution in [3.63, 3.8) is 0 Å². The van der Waals surface area contributed by atoms with Gasteiger partial charge in [0.05, 0.1) is 0 Å². The Morgan fingerprint density at radius 1 is 1.29 bits per heavy atom. The van der Waals surface area contributed by atoms with Gasteiger partial charge in [0.1, 0.15) is 6.04 Å². The second kappa shape index (κ2) is 8.81. The highest BCUT2D eigenvalue weighted by Crippen LogP contribution is 1.97. The van der Waals surface area contributed by atoms with Crippen LogP contribution in [0.4, 0.5) is 4.79 Å². The Morgan fingerprint density at radius 3 is 2.41 bits per heavy atom. The lowest BCUT2D eigenvalue weighted by atomic mass is 10.2. The Balaban J connectivity index is 4.00. The Hall–Kier alpha value is -1.30. The molecular formula is C11H22N2O4. The molecule has 0 heterocycles. The van der Waals surface area contributed by atoms with Gasteiger partial charge in [0, 0.05) is 19.8 Å². The maximum atomic E-state index is 11.5. The normalized spacial score (nSPS) is 13.8. The fourth-order valence-electron chi connectivity index (χ4n) is 1.34. The van der Waals surface area contributed by atoms with Crippen molar-refractivity contribution in [2.75, 3.05) is 13.7 Å². The molecule has 100 valence electrons. The van der Waals surface area contributed by atoms with Crippen LogP contribution in [-0.2, 0) is 9.53 Å². The summed E-state index contributed by atoms with van der Waals surface area (Å²) in [6.07, 6.45) is 1.82. The van der Waals surface area contributed by atoms with Crippen LogP contribution in [-0.4, -0.2) is 42.9 Å². The van der Waals surface area contributed by atoms with E-state index in [-0.39, 0.29) is 6.04 Å². The Labute approximate surface area is 102 Å². The average Bonchev–Trinajstić information content (AvgIpc) is 2.25. The number of rotatable bonds is 8. The maximum absolute atomic E-state index is 11.5. The molecule has 0 aromatic rings. The molecule has 0 rings (SSSR count). The molecule has 0 aliphatic heterocycles. The number of amides is 2. The van der Waals surface area contributed by atoms with E-state index >= 15 is 0 Å². The number of nitrogens with one attached hydrogen (secondary N) is 2. The van der Waals surface area contributed by atoms with E-state index < -0.39 is 18.0 Å². The quantitative estimate of drug-likeness (QED) is 0.595. The summed E-state index contributed by atoms with van der Waals surface area (Å²) in [5, 5.41) is 14.0. The molecule has 0 saturated carbocycles. The Bertz CT molecular complexity index is 246. The standard InChI is InChI=1S/C11H22N2O4/c1-4-5-9(10(14)15)13-11(16)12-8(2)6-7-17-3/h8-9H,4-7H2,1-3H3,(H,14,15)(H2,12,13,16)/t8?,9-/m1/s1. The van der Waals surface area contributed by atoms with Crippen molar-refractivity contribution in [2.24, 2.45) is 0 Å². The summed E-state index contributed by atoms with van der Waals surface area (Å²) in [7, 11) is 1.59. The summed E-state index contributed by atoms with van der Waals surface area (Å²) in [6, 6.07) is -1.32. The van der Waals surface area contributed by atoms with E-state index in [4.69, 9.17) is 9.84 Å². The summed E-state index contributed by atoms with van der Waals surface area (Å²) in [5.74, 6) is -1.01. The van der Waals surface area contributed by atoms with Crippen molar-refractivity contribution in [2.45, 2.75) is 45.2 Å². The molecule has 17 heavy (non-hydrogen) atoms. The second-order valence-electron chi connectivity index (χ2n) is 3.98. The zero-order valence-electron chi connectivity index (χ0n) is 10.7. The first-order valence-electron chi connectivity index (χ1n) is 5.80. The highest BCUT2D eigenvalue weighted by atomic mass is 16.5. The van der Waals surface area contributed by atoms with Crippen LogP contribution in [0.15, 0.2) is 0 Å². The van der Waals surface area contributed by atoms with Gasteiger partial charge >= 0.3 is 12.0 Å². The van der Waals surface area contributed by atoms with Crippen LogP contribution in [0.3, 0.4) is 0 Å². The Morgan fingerprint density at radius 2 is 1.94 bits per heavy atom. The molecule has 0 aliphatic rings. The van der Waals surface area contributed by atoms with Gasteiger partial charge < -0.3 is 20.5 Å². The third kappa shape index (κ3) is 7.57. The second-order valence-corrected chi connectivity index (χ2v) is 3.98. The van der Waals surface area contributed by atoms with Crippen molar-refractivity contribution in [1.82, 2.24) is 10.6 Å². The first-order valence-corrected chi connectivity index (χ1v) is 5.80. The molecule has 2 atom stereocenters. The van der Waals surface area contributed by atoms with E-state index in [9.17, 15) is 9.59 Å².